The van der Waals surface area contributed by atoms with Crippen molar-refractivity contribution in [3.05, 3.63) is 232 Å². The molecule has 0 aliphatic carbocycles. The van der Waals surface area contributed by atoms with Crippen molar-refractivity contribution >= 4 is 76.2 Å². The summed E-state index contributed by atoms with van der Waals surface area (Å²) in [6, 6.07) is 75.0. The van der Waals surface area contributed by atoms with Crippen LogP contribution in [0.3, 0.4) is 0 Å². The fraction of sp³-hybridized carbons (Fsp3) is 0. The van der Waals surface area contributed by atoms with Gasteiger partial charge >= 0.3 is 0 Å². The number of nitrogens with one attached hydrogen (secondary N) is 1. The van der Waals surface area contributed by atoms with Gasteiger partial charge in [0.05, 0.1) is 0 Å². The lowest BCUT2D eigenvalue weighted by molar-refractivity contribution is 1.28. The standard InChI is InChI=1S/C24H18BrN.C12H8Br2.C12H11N/c25-21-15-11-19(12-16-21)20-13-17-24(18-14-20)26(22-7-3-1-4-8-22)23-9-5-2-6-10-23;13-11-5-1-9(2-6-11)10-3-7-12(14)8-4-10;1-3-7-11(8-4-1)13-12-9-5-2-6-10-12/h1-18H;1-8H;1-10,13H. The average molecular weight is 882 g/mol. The van der Waals surface area contributed by atoms with Gasteiger partial charge in [-0.2, -0.15) is 0 Å². The topological polar surface area (TPSA) is 15.3 Å². The van der Waals surface area contributed by atoms with E-state index in [0.717, 1.165) is 41.9 Å². The van der Waals surface area contributed by atoms with Gasteiger partial charge in [0.2, 0.25) is 0 Å². The lowest BCUT2D eigenvalue weighted by atomic mass is 10.0. The summed E-state index contributed by atoms with van der Waals surface area (Å²) in [5.74, 6) is 0. The van der Waals surface area contributed by atoms with Crippen LogP contribution in [-0.4, -0.2) is 0 Å². The molecule has 0 aliphatic rings. The summed E-state index contributed by atoms with van der Waals surface area (Å²) in [6.45, 7) is 0. The van der Waals surface area contributed by atoms with E-state index in [0.29, 0.717) is 0 Å². The Balaban J connectivity index is 0.000000150. The molecule has 260 valence electrons. The number of rotatable bonds is 7. The van der Waals surface area contributed by atoms with Crippen LogP contribution in [-0.2, 0) is 0 Å². The Hall–Kier alpha value is -5.20. The second kappa shape index (κ2) is 19.6. The first-order valence-electron chi connectivity index (χ1n) is 17.2. The minimum Gasteiger partial charge on any atom is -0.356 e. The molecule has 0 fully saturated rings. The molecule has 0 radical (unpaired) electrons. The van der Waals surface area contributed by atoms with Gasteiger partial charge in [0, 0.05) is 41.9 Å². The number of benzene rings is 8. The second-order valence-corrected chi connectivity index (χ2v) is 14.7. The molecule has 1 N–H and O–H groups in total. The van der Waals surface area contributed by atoms with Gasteiger partial charge in [-0.1, -0.05) is 169 Å². The molecular weight excluding hydrogens is 844 g/mol. The molecule has 8 rings (SSSR count). The zero-order chi connectivity index (χ0) is 36.7. The van der Waals surface area contributed by atoms with Crippen LogP contribution in [0.25, 0.3) is 22.3 Å². The van der Waals surface area contributed by atoms with Crippen molar-refractivity contribution in [2.75, 3.05) is 10.2 Å². The summed E-state index contributed by atoms with van der Waals surface area (Å²) in [7, 11) is 0. The van der Waals surface area contributed by atoms with Gasteiger partial charge in [-0.3, -0.25) is 0 Å². The Kier molecular flexibility index (Phi) is 13.9. The third-order valence-corrected chi connectivity index (χ3v) is 9.78. The SMILES string of the molecule is Brc1ccc(-c2ccc(Br)cc2)cc1.Brc1ccc(-c2ccc(N(c3ccccc3)c3ccccc3)cc2)cc1.c1ccc(Nc2ccccc2)cc1. The van der Waals surface area contributed by atoms with Gasteiger partial charge in [-0.05, 0) is 119 Å². The summed E-state index contributed by atoms with van der Waals surface area (Å²) in [4.78, 5) is 2.27. The van der Waals surface area contributed by atoms with E-state index in [2.05, 4.69) is 204 Å². The number of halogens is 3. The highest BCUT2D eigenvalue weighted by molar-refractivity contribution is 9.11. The van der Waals surface area contributed by atoms with Gasteiger partial charge in [0.1, 0.15) is 0 Å². The van der Waals surface area contributed by atoms with E-state index in [1.165, 1.54) is 22.3 Å². The Morgan fingerprint density at radius 3 is 0.811 bits per heavy atom. The van der Waals surface area contributed by atoms with E-state index in [1.54, 1.807) is 0 Å². The molecule has 0 aromatic heterocycles. The van der Waals surface area contributed by atoms with E-state index in [-0.39, 0.29) is 0 Å². The molecule has 0 spiro atoms. The maximum atomic E-state index is 3.49. The zero-order valence-corrected chi connectivity index (χ0v) is 33.6. The predicted molar refractivity (Wildman–Crippen MR) is 238 cm³/mol. The molecule has 0 bridgehead atoms. The summed E-state index contributed by atoms with van der Waals surface area (Å²) in [5, 5.41) is 3.30. The Morgan fingerprint density at radius 1 is 0.264 bits per heavy atom. The molecule has 2 nitrogen and oxygen atoms in total. The van der Waals surface area contributed by atoms with Gasteiger partial charge in [-0.15, -0.1) is 0 Å². The summed E-state index contributed by atoms with van der Waals surface area (Å²) >= 11 is 10.3. The minimum atomic E-state index is 1.09. The maximum absolute atomic E-state index is 3.49. The van der Waals surface area contributed by atoms with Crippen molar-refractivity contribution in [1.29, 1.82) is 0 Å². The summed E-state index contributed by atoms with van der Waals surface area (Å²) in [5.41, 5.74) is 10.6. The number of para-hydroxylation sites is 4. The normalized spacial score (nSPS) is 10.2. The van der Waals surface area contributed by atoms with Crippen LogP contribution in [0, 0.1) is 0 Å². The van der Waals surface area contributed by atoms with Crippen LogP contribution in [0.15, 0.2) is 232 Å². The number of nitrogens with zero attached hydrogens (tertiary/aromatic N) is 1. The van der Waals surface area contributed by atoms with Gasteiger partial charge < -0.3 is 10.2 Å². The number of anilines is 5. The first-order valence-corrected chi connectivity index (χ1v) is 19.5. The Labute approximate surface area is 338 Å². The van der Waals surface area contributed by atoms with E-state index >= 15 is 0 Å². The van der Waals surface area contributed by atoms with E-state index in [1.807, 2.05) is 72.8 Å². The third-order valence-electron chi connectivity index (χ3n) is 8.19. The molecule has 0 atom stereocenters. The fourth-order valence-electron chi connectivity index (χ4n) is 5.54. The third kappa shape index (κ3) is 11.4. The molecule has 0 unspecified atom stereocenters. The molecule has 8 aromatic rings. The summed E-state index contributed by atoms with van der Waals surface area (Å²) in [6.07, 6.45) is 0. The molecule has 0 heterocycles. The highest BCUT2D eigenvalue weighted by Crippen LogP contribution is 2.35. The van der Waals surface area contributed by atoms with Crippen LogP contribution in [0.5, 0.6) is 0 Å². The molecule has 5 heteroatoms. The lowest BCUT2D eigenvalue weighted by Crippen LogP contribution is -2.09. The van der Waals surface area contributed by atoms with Gasteiger partial charge in [0.25, 0.3) is 0 Å². The van der Waals surface area contributed by atoms with Crippen LogP contribution in [0.1, 0.15) is 0 Å². The lowest BCUT2D eigenvalue weighted by Gasteiger charge is -2.25. The molecule has 8 aromatic carbocycles. The minimum absolute atomic E-state index is 1.09. The van der Waals surface area contributed by atoms with Crippen LogP contribution < -0.4 is 10.2 Å². The zero-order valence-electron chi connectivity index (χ0n) is 28.9. The molecule has 53 heavy (non-hydrogen) atoms. The molecule has 0 aliphatic heterocycles. The molecular formula is C48H37Br3N2. The quantitative estimate of drug-likeness (QED) is 0.172. The average Bonchev–Trinajstić information content (AvgIpc) is 3.21. The van der Waals surface area contributed by atoms with E-state index in [9.17, 15) is 0 Å². The highest BCUT2D eigenvalue weighted by atomic mass is 79.9. The van der Waals surface area contributed by atoms with Crippen LogP contribution >= 0.6 is 47.8 Å². The first kappa shape index (κ1) is 37.6. The largest absolute Gasteiger partial charge is 0.356 e. The number of hydrogen-bond donors (Lipinski definition) is 1. The first-order chi connectivity index (χ1) is 26.0. The molecule has 0 amide bonds. The molecule has 0 saturated carbocycles. The van der Waals surface area contributed by atoms with Gasteiger partial charge in [-0.25, -0.2) is 0 Å². The highest BCUT2D eigenvalue weighted by Gasteiger charge is 2.11. The van der Waals surface area contributed by atoms with E-state index < -0.39 is 0 Å². The van der Waals surface area contributed by atoms with Gasteiger partial charge in [0.15, 0.2) is 0 Å². The molecule has 0 saturated heterocycles. The van der Waals surface area contributed by atoms with Crippen molar-refractivity contribution in [3.63, 3.8) is 0 Å². The summed E-state index contributed by atoms with van der Waals surface area (Å²) < 4.78 is 3.31. The smallest absolute Gasteiger partial charge is 0.0462 e. The predicted octanol–water partition coefficient (Wildman–Crippen LogP) is 15.9. The van der Waals surface area contributed by atoms with Crippen molar-refractivity contribution < 1.29 is 0 Å². The van der Waals surface area contributed by atoms with Crippen LogP contribution in [0.4, 0.5) is 28.4 Å². The monoisotopic (exact) mass is 878 g/mol. The van der Waals surface area contributed by atoms with Crippen LogP contribution in [0.2, 0.25) is 0 Å². The second-order valence-electron chi connectivity index (χ2n) is 11.9. The fourth-order valence-corrected chi connectivity index (χ4v) is 6.33. The van der Waals surface area contributed by atoms with E-state index in [4.69, 9.17) is 0 Å². The maximum Gasteiger partial charge on any atom is 0.0462 e. The van der Waals surface area contributed by atoms with Crippen molar-refractivity contribution in [2.45, 2.75) is 0 Å². The van der Waals surface area contributed by atoms with Crippen molar-refractivity contribution in [3.8, 4) is 22.3 Å². The van der Waals surface area contributed by atoms with Crippen molar-refractivity contribution in [2.24, 2.45) is 0 Å². The Morgan fingerprint density at radius 2 is 0.509 bits per heavy atom. The number of hydrogen-bond acceptors (Lipinski definition) is 2. The Bertz CT molecular complexity index is 2110. The van der Waals surface area contributed by atoms with Crippen molar-refractivity contribution in [1.82, 2.24) is 0 Å².